The lowest BCUT2D eigenvalue weighted by Gasteiger charge is -2.15. The van der Waals surface area contributed by atoms with Gasteiger partial charge in [0.15, 0.2) is 27.3 Å². The molecule has 0 saturated carbocycles. The van der Waals surface area contributed by atoms with Crippen LogP contribution in [0.15, 0.2) is 45.2 Å². The number of nitrogens with one attached hydrogen (secondary N) is 1. The number of nitrogens with zero attached hydrogens (tertiary/aromatic N) is 5. The van der Waals surface area contributed by atoms with Crippen molar-refractivity contribution in [3.8, 4) is 0 Å². The van der Waals surface area contributed by atoms with E-state index >= 15 is 0 Å². The highest BCUT2D eigenvalue weighted by molar-refractivity contribution is 9.11. The lowest BCUT2D eigenvalue weighted by molar-refractivity contribution is 0.0519. The van der Waals surface area contributed by atoms with Crippen molar-refractivity contribution in [1.82, 2.24) is 19.7 Å². The van der Waals surface area contributed by atoms with Crippen molar-refractivity contribution in [2.45, 2.75) is 39.3 Å². The fraction of sp³-hybridized carbons (Fsp3) is 0.348. The number of para-hydroxylation sites is 1. The average molecular weight is 608 g/mol. The third-order valence-electron chi connectivity index (χ3n) is 4.96. The first-order valence-electron chi connectivity index (χ1n) is 11.4. The van der Waals surface area contributed by atoms with Gasteiger partial charge in [0, 0.05) is 14.7 Å². The number of hydrogen-bond acceptors (Lipinski definition) is 10. The Bertz CT molecular complexity index is 1410. The summed E-state index contributed by atoms with van der Waals surface area (Å²) in [5, 5.41) is 12.1. The number of thiazole rings is 2. The van der Waals surface area contributed by atoms with Gasteiger partial charge in [-0.1, -0.05) is 54.4 Å². The minimum absolute atomic E-state index is 0.227. The zero-order valence-electron chi connectivity index (χ0n) is 20.4. The number of esters is 1. The van der Waals surface area contributed by atoms with E-state index in [1.807, 2.05) is 12.1 Å². The Balaban J connectivity index is 1.52. The third kappa shape index (κ3) is 6.85. The van der Waals surface area contributed by atoms with Crippen molar-refractivity contribution < 1.29 is 14.3 Å². The van der Waals surface area contributed by atoms with Crippen molar-refractivity contribution >= 4 is 79.6 Å². The molecule has 0 radical (unpaired) electrons. The van der Waals surface area contributed by atoms with Crippen molar-refractivity contribution in [3.05, 3.63) is 50.7 Å². The first kappa shape index (κ1) is 26.6. The Morgan fingerprint density at radius 2 is 1.97 bits per heavy atom. The first-order chi connectivity index (χ1) is 17.2. The molecule has 0 saturated heterocycles. The van der Waals surface area contributed by atoms with Gasteiger partial charge in [-0.15, -0.1) is 10.2 Å². The fourth-order valence-electron chi connectivity index (χ4n) is 3.10. The predicted octanol–water partition coefficient (Wildman–Crippen LogP) is 6.18. The lowest BCUT2D eigenvalue weighted by Crippen LogP contribution is -2.23. The molecule has 9 nitrogen and oxygen atoms in total. The molecule has 0 amide bonds. The molecule has 3 heterocycles. The summed E-state index contributed by atoms with van der Waals surface area (Å²) in [6, 6.07) is 12.8. The fourth-order valence-corrected chi connectivity index (χ4v) is 6.29. The number of halogens is 1. The van der Waals surface area contributed by atoms with Crippen molar-refractivity contribution in [2.24, 2.45) is 4.99 Å². The summed E-state index contributed by atoms with van der Waals surface area (Å²) in [5.41, 5.74) is 1.30. The maximum absolute atomic E-state index is 12.0. The van der Waals surface area contributed by atoms with E-state index in [0.29, 0.717) is 27.3 Å². The maximum Gasteiger partial charge on any atom is 0.359 e. The summed E-state index contributed by atoms with van der Waals surface area (Å²) in [4.78, 5) is 21.8. The second-order valence-corrected chi connectivity index (χ2v) is 18.0. The van der Waals surface area contributed by atoms with Gasteiger partial charge in [0.1, 0.15) is 10.5 Å². The summed E-state index contributed by atoms with van der Waals surface area (Å²) in [6.07, 6.45) is 0. The van der Waals surface area contributed by atoms with Crippen LogP contribution in [-0.4, -0.2) is 47.0 Å². The Hall–Kier alpha value is -2.45. The molecule has 0 unspecified atom stereocenters. The number of benzene rings is 1. The van der Waals surface area contributed by atoms with Crippen molar-refractivity contribution in [3.63, 3.8) is 0 Å². The quantitative estimate of drug-likeness (QED) is 0.131. The van der Waals surface area contributed by atoms with Gasteiger partial charge >= 0.3 is 5.97 Å². The number of hydrogen-bond donors (Lipinski definition) is 1. The number of carbonyl (C=O) groups excluding carboxylic acids is 1. The molecule has 1 N–H and O–H groups in total. The minimum atomic E-state index is -1.16. The highest BCUT2D eigenvalue weighted by atomic mass is 79.9. The van der Waals surface area contributed by atoms with Crippen LogP contribution < -0.4 is 10.1 Å². The largest absolute Gasteiger partial charge is 0.461 e. The molecule has 190 valence electrons. The van der Waals surface area contributed by atoms with Crippen LogP contribution in [0.4, 0.5) is 16.8 Å². The van der Waals surface area contributed by atoms with Crippen LogP contribution in [0.1, 0.15) is 17.4 Å². The molecule has 0 atom stereocenters. The molecule has 0 aliphatic rings. The van der Waals surface area contributed by atoms with Crippen LogP contribution in [0.25, 0.3) is 10.2 Å². The van der Waals surface area contributed by atoms with Crippen LogP contribution in [0.3, 0.4) is 0 Å². The predicted molar refractivity (Wildman–Crippen MR) is 150 cm³/mol. The standard InChI is InChI=1S/C23H27BrN6O3S2Si/c1-5-33-21(31)19-20(24)35-22(27-19)25-17-10-11-18(29-28-17)26-23-30(14-32-12-13-36(2,3)4)15-8-6-7-9-16(15)34-23/h6-11H,5,12-14H2,1-4H3,(H,25,27,28). The third-order valence-corrected chi connectivity index (χ3v) is 9.34. The second kappa shape index (κ2) is 11.7. The van der Waals surface area contributed by atoms with E-state index in [9.17, 15) is 4.79 Å². The zero-order chi connectivity index (χ0) is 25.7. The van der Waals surface area contributed by atoms with E-state index in [1.165, 1.54) is 11.3 Å². The van der Waals surface area contributed by atoms with E-state index in [-0.39, 0.29) is 12.3 Å². The summed E-state index contributed by atoms with van der Waals surface area (Å²) in [5.74, 6) is 0.495. The van der Waals surface area contributed by atoms with E-state index < -0.39 is 14.0 Å². The van der Waals surface area contributed by atoms with Crippen LogP contribution in [0, 0.1) is 0 Å². The summed E-state index contributed by atoms with van der Waals surface area (Å²) in [7, 11) is -1.16. The van der Waals surface area contributed by atoms with Crippen LogP contribution in [-0.2, 0) is 16.2 Å². The monoisotopic (exact) mass is 606 g/mol. The molecule has 1 aromatic carbocycles. The van der Waals surface area contributed by atoms with E-state index in [2.05, 4.69) is 72.8 Å². The average Bonchev–Trinajstić information content (AvgIpc) is 3.37. The number of ether oxygens (including phenoxy) is 2. The molecule has 3 aromatic heterocycles. The second-order valence-electron chi connectivity index (χ2n) is 9.00. The Morgan fingerprint density at radius 3 is 2.69 bits per heavy atom. The SMILES string of the molecule is CCOC(=O)c1nc(Nc2ccc(N=c3sc4ccccc4n3COCC[Si](C)(C)C)nn2)sc1Br. The van der Waals surface area contributed by atoms with Crippen molar-refractivity contribution in [1.29, 1.82) is 0 Å². The molecule has 0 fully saturated rings. The number of fused-ring (bicyclic) bond motifs is 1. The van der Waals surface area contributed by atoms with Gasteiger partial charge in [-0.2, -0.15) is 4.99 Å². The summed E-state index contributed by atoms with van der Waals surface area (Å²) >= 11 is 6.22. The number of carbonyl (C=O) groups is 1. The highest BCUT2D eigenvalue weighted by Gasteiger charge is 2.18. The first-order valence-corrected chi connectivity index (χ1v) is 17.5. The van der Waals surface area contributed by atoms with Crippen molar-refractivity contribution in [2.75, 3.05) is 18.5 Å². The van der Waals surface area contributed by atoms with E-state index in [1.54, 1.807) is 30.4 Å². The number of aromatic nitrogens is 4. The Morgan fingerprint density at radius 1 is 1.17 bits per heavy atom. The molecule has 0 aliphatic carbocycles. The zero-order valence-corrected chi connectivity index (χ0v) is 24.7. The molecule has 4 rings (SSSR count). The van der Waals surface area contributed by atoms with Gasteiger partial charge < -0.3 is 14.8 Å². The normalized spacial score (nSPS) is 12.3. The summed E-state index contributed by atoms with van der Waals surface area (Å²) in [6.45, 7) is 10.2. The van der Waals surface area contributed by atoms with Gasteiger partial charge in [0.25, 0.3) is 0 Å². The lowest BCUT2D eigenvalue weighted by atomic mass is 10.3. The molecule has 0 spiro atoms. The van der Waals surface area contributed by atoms with Crippen LogP contribution in [0.5, 0.6) is 0 Å². The summed E-state index contributed by atoms with van der Waals surface area (Å²) < 4.78 is 14.8. The van der Waals surface area contributed by atoms with E-state index in [0.717, 1.165) is 27.7 Å². The van der Waals surface area contributed by atoms with Gasteiger partial charge in [-0.3, -0.25) is 4.57 Å². The van der Waals surface area contributed by atoms with Crippen LogP contribution >= 0.6 is 38.6 Å². The topological polar surface area (TPSA) is 104 Å². The molecular formula is C23H27BrN6O3S2Si. The van der Waals surface area contributed by atoms with E-state index in [4.69, 9.17) is 14.5 Å². The number of anilines is 2. The van der Waals surface area contributed by atoms with Crippen LogP contribution in [0.2, 0.25) is 25.7 Å². The Labute approximate surface area is 226 Å². The Kier molecular flexibility index (Phi) is 8.67. The molecule has 0 aliphatic heterocycles. The van der Waals surface area contributed by atoms with Gasteiger partial charge in [0.2, 0.25) is 0 Å². The molecular weight excluding hydrogens is 580 g/mol. The smallest absolute Gasteiger partial charge is 0.359 e. The minimum Gasteiger partial charge on any atom is -0.461 e. The highest BCUT2D eigenvalue weighted by Crippen LogP contribution is 2.30. The number of rotatable bonds is 10. The molecule has 0 bridgehead atoms. The molecule has 13 heteroatoms. The maximum atomic E-state index is 12.0. The van der Waals surface area contributed by atoms with Gasteiger partial charge in [-0.05, 0) is 53.2 Å². The van der Waals surface area contributed by atoms with Gasteiger partial charge in [0.05, 0.1) is 16.8 Å². The molecule has 36 heavy (non-hydrogen) atoms. The molecule has 4 aromatic rings. The van der Waals surface area contributed by atoms with Gasteiger partial charge in [-0.25, -0.2) is 9.78 Å².